The lowest BCUT2D eigenvalue weighted by atomic mass is 10.1. The first kappa shape index (κ1) is 21.6. The number of carbonyl (C=O) groups is 1. The maximum Gasteiger partial charge on any atom is 0.220 e. The molecular formula is C22H27N3O2S2. The molecule has 1 N–H and O–H groups in total. The molecular weight excluding hydrogens is 402 g/mol. The van der Waals surface area contributed by atoms with Crippen molar-refractivity contribution in [3.05, 3.63) is 54.1 Å². The van der Waals surface area contributed by atoms with Crippen molar-refractivity contribution >= 4 is 39.2 Å². The van der Waals surface area contributed by atoms with Gasteiger partial charge in [-0.25, -0.2) is 4.98 Å². The van der Waals surface area contributed by atoms with Crippen LogP contribution in [0.1, 0.15) is 24.4 Å². The first-order valence-electron chi connectivity index (χ1n) is 9.62. The maximum atomic E-state index is 12.3. The Morgan fingerprint density at radius 3 is 2.66 bits per heavy atom. The van der Waals surface area contributed by atoms with Crippen LogP contribution in [0.2, 0.25) is 0 Å². The fourth-order valence-corrected chi connectivity index (χ4v) is 5.11. The van der Waals surface area contributed by atoms with E-state index in [2.05, 4.69) is 21.3 Å². The highest BCUT2D eigenvalue weighted by Gasteiger charge is 2.15. The minimum Gasteiger partial charge on any atom is -0.497 e. The van der Waals surface area contributed by atoms with Crippen molar-refractivity contribution in [2.24, 2.45) is 0 Å². The first-order valence-corrected chi connectivity index (χ1v) is 11.4. The van der Waals surface area contributed by atoms with Gasteiger partial charge in [0.25, 0.3) is 0 Å². The van der Waals surface area contributed by atoms with E-state index >= 15 is 0 Å². The number of methoxy groups -OCH3 is 1. The van der Waals surface area contributed by atoms with Gasteiger partial charge in [0.05, 0.1) is 23.4 Å². The second-order valence-corrected chi connectivity index (χ2v) is 9.33. The highest BCUT2D eigenvalue weighted by molar-refractivity contribution is 8.01. The summed E-state index contributed by atoms with van der Waals surface area (Å²) in [6.45, 7) is 0.586. The quantitative estimate of drug-likeness (QED) is 0.377. The normalized spacial score (nSPS) is 12.3. The van der Waals surface area contributed by atoms with E-state index < -0.39 is 0 Å². The van der Waals surface area contributed by atoms with Gasteiger partial charge in [-0.2, -0.15) is 0 Å². The van der Waals surface area contributed by atoms with Gasteiger partial charge in [-0.3, -0.25) is 4.79 Å². The number of carbonyl (C=O) groups excluding carboxylic acids is 1. The van der Waals surface area contributed by atoms with Crippen molar-refractivity contribution in [2.75, 3.05) is 33.5 Å². The maximum absolute atomic E-state index is 12.3. The molecule has 1 aromatic heterocycles. The summed E-state index contributed by atoms with van der Waals surface area (Å²) in [4.78, 5) is 19.0. The highest BCUT2D eigenvalue weighted by atomic mass is 32.2. The van der Waals surface area contributed by atoms with Gasteiger partial charge < -0.3 is 15.0 Å². The molecule has 3 aromatic rings. The number of rotatable bonds is 10. The molecule has 0 aliphatic carbocycles. The monoisotopic (exact) mass is 429 g/mol. The number of nitrogens with one attached hydrogen (secondary N) is 1. The van der Waals surface area contributed by atoms with Crippen LogP contribution >= 0.6 is 23.1 Å². The zero-order valence-corrected chi connectivity index (χ0v) is 18.7. The molecule has 0 bridgehead atoms. The number of thiazole rings is 1. The van der Waals surface area contributed by atoms with Gasteiger partial charge in [0.2, 0.25) is 5.91 Å². The summed E-state index contributed by atoms with van der Waals surface area (Å²) in [6, 6.07) is 16.3. The number of amides is 1. The van der Waals surface area contributed by atoms with Crippen molar-refractivity contribution < 1.29 is 9.53 Å². The van der Waals surface area contributed by atoms with Crippen molar-refractivity contribution in [1.82, 2.24) is 15.2 Å². The Balaban J connectivity index is 1.41. The van der Waals surface area contributed by atoms with Crippen LogP contribution in [0.3, 0.4) is 0 Å². The lowest BCUT2D eigenvalue weighted by Gasteiger charge is -2.25. The number of benzene rings is 2. The molecule has 29 heavy (non-hydrogen) atoms. The minimum atomic E-state index is 0.0928. The predicted octanol–water partition coefficient (Wildman–Crippen LogP) is 4.60. The molecule has 0 radical (unpaired) electrons. The smallest absolute Gasteiger partial charge is 0.220 e. The number of hydrogen-bond acceptors (Lipinski definition) is 6. The molecule has 7 heteroatoms. The topological polar surface area (TPSA) is 54.5 Å². The fourth-order valence-electron chi connectivity index (χ4n) is 3.03. The third-order valence-electron chi connectivity index (χ3n) is 4.66. The molecule has 1 atom stereocenters. The molecule has 1 heterocycles. The summed E-state index contributed by atoms with van der Waals surface area (Å²) in [5, 5.41) is 3.08. The van der Waals surface area contributed by atoms with E-state index in [9.17, 15) is 4.79 Å². The van der Waals surface area contributed by atoms with Gasteiger partial charge in [0.15, 0.2) is 4.34 Å². The average Bonchev–Trinajstić information content (AvgIpc) is 3.14. The number of para-hydroxylation sites is 1. The van der Waals surface area contributed by atoms with Crippen LogP contribution in [-0.2, 0) is 4.79 Å². The summed E-state index contributed by atoms with van der Waals surface area (Å²) >= 11 is 3.44. The van der Waals surface area contributed by atoms with Crippen LogP contribution in [0.4, 0.5) is 0 Å². The zero-order chi connectivity index (χ0) is 20.6. The second kappa shape index (κ2) is 10.6. The van der Waals surface area contributed by atoms with E-state index in [1.807, 2.05) is 56.6 Å². The summed E-state index contributed by atoms with van der Waals surface area (Å²) in [5.74, 6) is 1.82. The van der Waals surface area contributed by atoms with Crippen molar-refractivity contribution in [3.63, 3.8) is 0 Å². The molecule has 0 unspecified atom stereocenters. The standard InChI is InChI=1S/C22H27N3O2S2/c1-25(2)19(16-10-12-17(27-3)13-11-16)15-23-21(26)9-6-14-28-22-24-18-7-4-5-8-20(18)29-22/h4-5,7-8,10-13,19H,6,9,14-15H2,1-3H3,(H,23,26)/t19-/m1/s1. The van der Waals surface area contributed by atoms with Gasteiger partial charge in [0, 0.05) is 18.7 Å². The van der Waals surface area contributed by atoms with Crippen molar-refractivity contribution in [2.45, 2.75) is 23.2 Å². The lowest BCUT2D eigenvalue weighted by Crippen LogP contribution is -2.34. The van der Waals surface area contributed by atoms with Gasteiger partial charge in [-0.1, -0.05) is 36.0 Å². The molecule has 0 spiro atoms. The third kappa shape index (κ3) is 6.19. The molecule has 0 aliphatic heterocycles. The Morgan fingerprint density at radius 2 is 1.97 bits per heavy atom. The van der Waals surface area contributed by atoms with E-state index in [1.165, 1.54) is 4.70 Å². The van der Waals surface area contributed by atoms with E-state index in [0.29, 0.717) is 13.0 Å². The fraction of sp³-hybridized carbons (Fsp3) is 0.364. The van der Waals surface area contributed by atoms with Crippen LogP contribution < -0.4 is 10.1 Å². The van der Waals surface area contributed by atoms with Crippen LogP contribution in [0.15, 0.2) is 52.9 Å². The third-order valence-corrected chi connectivity index (χ3v) is 6.93. The Morgan fingerprint density at radius 1 is 1.21 bits per heavy atom. The van der Waals surface area contributed by atoms with Crippen LogP contribution in [-0.4, -0.2) is 49.3 Å². The molecule has 0 saturated heterocycles. The number of nitrogens with zero attached hydrogens (tertiary/aromatic N) is 2. The van der Waals surface area contributed by atoms with Crippen LogP contribution in [0.5, 0.6) is 5.75 Å². The minimum absolute atomic E-state index is 0.0928. The van der Waals surface area contributed by atoms with E-state index in [1.54, 1.807) is 30.2 Å². The predicted molar refractivity (Wildman–Crippen MR) is 122 cm³/mol. The first-order chi connectivity index (χ1) is 14.1. The molecule has 0 saturated carbocycles. The van der Waals surface area contributed by atoms with Gasteiger partial charge in [-0.15, -0.1) is 11.3 Å². The largest absolute Gasteiger partial charge is 0.497 e. The van der Waals surface area contributed by atoms with Gasteiger partial charge in [0.1, 0.15) is 5.75 Å². The summed E-state index contributed by atoms with van der Waals surface area (Å²) in [5.41, 5.74) is 2.20. The van der Waals surface area contributed by atoms with Crippen LogP contribution in [0, 0.1) is 0 Å². The molecule has 1 amide bonds. The summed E-state index contributed by atoms with van der Waals surface area (Å²) < 4.78 is 7.50. The molecule has 2 aromatic carbocycles. The number of fused-ring (bicyclic) bond motifs is 1. The van der Waals surface area contributed by atoms with Crippen LogP contribution in [0.25, 0.3) is 10.2 Å². The molecule has 0 fully saturated rings. The van der Waals surface area contributed by atoms with E-state index in [4.69, 9.17) is 4.74 Å². The van der Waals surface area contributed by atoms with Crippen molar-refractivity contribution in [1.29, 1.82) is 0 Å². The summed E-state index contributed by atoms with van der Waals surface area (Å²) in [7, 11) is 5.71. The SMILES string of the molecule is COc1ccc([C@@H](CNC(=O)CCCSc2nc3ccccc3s2)N(C)C)cc1. The number of thioether (sulfide) groups is 1. The Hall–Kier alpha value is -2.09. The van der Waals surface area contributed by atoms with Gasteiger partial charge in [-0.05, 0) is 50.3 Å². The molecule has 0 aliphatic rings. The number of ether oxygens (including phenoxy) is 1. The number of hydrogen-bond donors (Lipinski definition) is 1. The zero-order valence-electron chi connectivity index (χ0n) is 17.1. The lowest BCUT2D eigenvalue weighted by molar-refractivity contribution is -0.121. The Bertz CT molecular complexity index is 892. The average molecular weight is 430 g/mol. The Labute approximate surface area is 180 Å². The summed E-state index contributed by atoms with van der Waals surface area (Å²) in [6.07, 6.45) is 1.36. The number of likely N-dealkylation sites (N-methyl/N-ethyl adjacent to an activating group) is 1. The number of aromatic nitrogens is 1. The Kier molecular flexibility index (Phi) is 7.91. The molecule has 154 valence electrons. The van der Waals surface area contributed by atoms with Gasteiger partial charge >= 0.3 is 0 Å². The molecule has 3 rings (SSSR count). The van der Waals surface area contributed by atoms with E-state index in [0.717, 1.165) is 33.3 Å². The highest BCUT2D eigenvalue weighted by Crippen LogP contribution is 2.29. The molecule has 5 nitrogen and oxygen atoms in total. The van der Waals surface area contributed by atoms with Crippen molar-refractivity contribution in [3.8, 4) is 5.75 Å². The second-order valence-electron chi connectivity index (χ2n) is 6.96. The van der Waals surface area contributed by atoms with E-state index in [-0.39, 0.29) is 11.9 Å².